The van der Waals surface area contributed by atoms with Gasteiger partial charge in [0.25, 0.3) is 0 Å². The van der Waals surface area contributed by atoms with Crippen molar-refractivity contribution in [2.45, 2.75) is 19.9 Å². The van der Waals surface area contributed by atoms with Crippen molar-refractivity contribution < 1.29 is 4.74 Å². The van der Waals surface area contributed by atoms with Gasteiger partial charge in [-0.05, 0) is 27.0 Å². The van der Waals surface area contributed by atoms with Gasteiger partial charge in [-0.2, -0.15) is 0 Å². The molecule has 0 aliphatic carbocycles. The average Bonchev–Trinajstić information content (AvgIpc) is 2.77. The van der Waals surface area contributed by atoms with E-state index in [0.29, 0.717) is 0 Å². The SMILES string of the molecule is CNC(c1cnc(C)s1)c1cc(C)ccc1OC. The Hall–Kier alpha value is -1.39. The first-order chi connectivity index (χ1) is 8.65. The number of ether oxygens (including phenoxy) is 1. The fraction of sp³-hybridized carbons (Fsp3) is 0.357. The van der Waals surface area contributed by atoms with Gasteiger partial charge in [0.15, 0.2) is 0 Å². The molecule has 1 aromatic heterocycles. The standard InChI is InChI=1S/C14H18N2OS/c1-9-5-6-12(17-4)11(7-9)14(15-3)13-8-16-10(2)18-13/h5-8,14-15H,1-4H3. The molecule has 0 amide bonds. The van der Waals surface area contributed by atoms with Crippen molar-refractivity contribution in [3.63, 3.8) is 0 Å². The van der Waals surface area contributed by atoms with Gasteiger partial charge in [-0.3, -0.25) is 0 Å². The Labute approximate surface area is 112 Å². The Morgan fingerprint density at radius 3 is 2.67 bits per heavy atom. The number of nitrogens with one attached hydrogen (secondary N) is 1. The predicted octanol–water partition coefficient (Wildman–Crippen LogP) is 3.08. The molecule has 4 heteroatoms. The molecule has 1 aromatic carbocycles. The number of aryl methyl sites for hydroxylation is 2. The van der Waals surface area contributed by atoms with E-state index in [1.807, 2.05) is 26.2 Å². The highest BCUT2D eigenvalue weighted by Gasteiger charge is 2.18. The molecule has 0 aliphatic heterocycles. The zero-order chi connectivity index (χ0) is 13.1. The lowest BCUT2D eigenvalue weighted by atomic mass is 10.0. The lowest BCUT2D eigenvalue weighted by molar-refractivity contribution is 0.405. The van der Waals surface area contributed by atoms with Gasteiger partial charge >= 0.3 is 0 Å². The maximum Gasteiger partial charge on any atom is 0.124 e. The molecule has 0 fully saturated rings. The molecule has 0 saturated carbocycles. The molecular formula is C14H18N2OS. The van der Waals surface area contributed by atoms with Crippen molar-refractivity contribution in [2.75, 3.05) is 14.2 Å². The van der Waals surface area contributed by atoms with E-state index < -0.39 is 0 Å². The lowest BCUT2D eigenvalue weighted by Gasteiger charge is -2.18. The number of hydrogen-bond acceptors (Lipinski definition) is 4. The molecule has 96 valence electrons. The largest absolute Gasteiger partial charge is 0.496 e. The van der Waals surface area contributed by atoms with Crippen LogP contribution in [0, 0.1) is 13.8 Å². The van der Waals surface area contributed by atoms with Gasteiger partial charge < -0.3 is 10.1 Å². The second-order valence-electron chi connectivity index (χ2n) is 4.25. The first kappa shape index (κ1) is 13.1. The maximum atomic E-state index is 5.46. The van der Waals surface area contributed by atoms with Crippen LogP contribution in [0.5, 0.6) is 5.75 Å². The molecule has 1 atom stereocenters. The van der Waals surface area contributed by atoms with Crippen LogP contribution in [0.2, 0.25) is 0 Å². The van der Waals surface area contributed by atoms with E-state index in [0.717, 1.165) is 16.3 Å². The summed E-state index contributed by atoms with van der Waals surface area (Å²) in [4.78, 5) is 5.53. The smallest absolute Gasteiger partial charge is 0.124 e. The first-order valence-electron chi connectivity index (χ1n) is 5.90. The van der Waals surface area contributed by atoms with Gasteiger partial charge in [0, 0.05) is 16.6 Å². The summed E-state index contributed by atoms with van der Waals surface area (Å²) in [6, 6.07) is 6.37. The van der Waals surface area contributed by atoms with E-state index in [2.05, 4.69) is 29.4 Å². The van der Waals surface area contributed by atoms with Crippen LogP contribution < -0.4 is 10.1 Å². The number of rotatable bonds is 4. The zero-order valence-corrected chi connectivity index (χ0v) is 12.0. The lowest BCUT2D eigenvalue weighted by Crippen LogP contribution is -2.17. The topological polar surface area (TPSA) is 34.2 Å². The third-order valence-corrected chi connectivity index (χ3v) is 3.89. The number of methoxy groups -OCH3 is 1. The zero-order valence-electron chi connectivity index (χ0n) is 11.2. The number of nitrogens with zero attached hydrogens (tertiary/aromatic N) is 1. The summed E-state index contributed by atoms with van der Waals surface area (Å²) in [7, 11) is 3.67. The predicted molar refractivity (Wildman–Crippen MR) is 75.5 cm³/mol. The molecule has 0 radical (unpaired) electrons. The Morgan fingerprint density at radius 1 is 1.33 bits per heavy atom. The number of benzene rings is 1. The summed E-state index contributed by atoms with van der Waals surface area (Å²) in [5.41, 5.74) is 2.39. The molecular weight excluding hydrogens is 244 g/mol. The van der Waals surface area contributed by atoms with Crippen molar-refractivity contribution in [1.82, 2.24) is 10.3 Å². The van der Waals surface area contributed by atoms with Gasteiger partial charge in [0.2, 0.25) is 0 Å². The molecule has 2 rings (SSSR count). The highest BCUT2D eigenvalue weighted by Crippen LogP contribution is 2.33. The Bertz CT molecular complexity index is 536. The van der Waals surface area contributed by atoms with Crippen molar-refractivity contribution in [1.29, 1.82) is 0 Å². The first-order valence-corrected chi connectivity index (χ1v) is 6.71. The summed E-state index contributed by atoms with van der Waals surface area (Å²) in [5.74, 6) is 0.908. The summed E-state index contributed by atoms with van der Waals surface area (Å²) in [6.45, 7) is 4.11. The quantitative estimate of drug-likeness (QED) is 0.919. The summed E-state index contributed by atoms with van der Waals surface area (Å²) < 4.78 is 5.46. The molecule has 2 aromatic rings. The van der Waals surface area contributed by atoms with Gasteiger partial charge in [0.1, 0.15) is 5.75 Å². The Morgan fingerprint density at radius 2 is 2.11 bits per heavy atom. The van der Waals surface area contributed by atoms with Crippen molar-refractivity contribution in [3.05, 3.63) is 45.4 Å². The van der Waals surface area contributed by atoms with Gasteiger partial charge in [-0.1, -0.05) is 17.7 Å². The highest BCUT2D eigenvalue weighted by atomic mass is 32.1. The van der Waals surface area contributed by atoms with Crippen LogP contribution in [-0.2, 0) is 0 Å². The second-order valence-corrected chi connectivity index (χ2v) is 5.52. The second kappa shape index (κ2) is 5.50. The van der Waals surface area contributed by atoms with E-state index in [9.17, 15) is 0 Å². The van der Waals surface area contributed by atoms with E-state index in [-0.39, 0.29) is 6.04 Å². The summed E-state index contributed by atoms with van der Waals surface area (Å²) in [5, 5.41) is 4.42. The van der Waals surface area contributed by atoms with Crippen LogP contribution in [-0.4, -0.2) is 19.1 Å². The third-order valence-electron chi connectivity index (χ3n) is 2.91. The minimum atomic E-state index is 0.131. The van der Waals surface area contributed by atoms with Crippen LogP contribution in [0.3, 0.4) is 0 Å². The minimum Gasteiger partial charge on any atom is -0.496 e. The number of thiazole rings is 1. The van der Waals surface area contributed by atoms with Crippen molar-refractivity contribution in [2.24, 2.45) is 0 Å². The van der Waals surface area contributed by atoms with E-state index in [4.69, 9.17) is 4.74 Å². The highest BCUT2D eigenvalue weighted by molar-refractivity contribution is 7.11. The molecule has 1 N–H and O–H groups in total. The average molecular weight is 262 g/mol. The molecule has 18 heavy (non-hydrogen) atoms. The minimum absolute atomic E-state index is 0.131. The van der Waals surface area contributed by atoms with Gasteiger partial charge in [0.05, 0.1) is 18.2 Å². The van der Waals surface area contributed by atoms with E-state index >= 15 is 0 Å². The normalized spacial score (nSPS) is 12.4. The molecule has 0 saturated heterocycles. The summed E-state index contributed by atoms with van der Waals surface area (Å²) >= 11 is 1.71. The molecule has 3 nitrogen and oxygen atoms in total. The van der Waals surface area contributed by atoms with Crippen molar-refractivity contribution in [3.8, 4) is 5.75 Å². The van der Waals surface area contributed by atoms with Gasteiger partial charge in [-0.15, -0.1) is 11.3 Å². The van der Waals surface area contributed by atoms with Crippen LogP contribution in [0.4, 0.5) is 0 Å². The van der Waals surface area contributed by atoms with Crippen LogP contribution >= 0.6 is 11.3 Å². The van der Waals surface area contributed by atoms with E-state index in [1.54, 1.807) is 18.4 Å². The third kappa shape index (κ3) is 2.54. The molecule has 1 heterocycles. The fourth-order valence-corrected chi connectivity index (χ4v) is 2.96. The Kier molecular flexibility index (Phi) is 3.99. The molecule has 1 unspecified atom stereocenters. The molecule has 0 bridgehead atoms. The maximum absolute atomic E-state index is 5.46. The van der Waals surface area contributed by atoms with Gasteiger partial charge in [-0.25, -0.2) is 4.98 Å². The van der Waals surface area contributed by atoms with E-state index in [1.165, 1.54) is 10.4 Å². The summed E-state index contributed by atoms with van der Waals surface area (Å²) in [6.07, 6.45) is 1.93. The van der Waals surface area contributed by atoms with Crippen LogP contribution in [0.15, 0.2) is 24.4 Å². The van der Waals surface area contributed by atoms with Crippen LogP contribution in [0.1, 0.15) is 27.1 Å². The number of hydrogen-bond donors (Lipinski definition) is 1. The Balaban J connectivity index is 2.47. The number of aromatic nitrogens is 1. The fourth-order valence-electron chi connectivity index (χ4n) is 2.04. The van der Waals surface area contributed by atoms with Crippen molar-refractivity contribution >= 4 is 11.3 Å². The van der Waals surface area contributed by atoms with Crippen LogP contribution in [0.25, 0.3) is 0 Å². The molecule has 0 aliphatic rings. The molecule has 0 spiro atoms. The monoisotopic (exact) mass is 262 g/mol.